The van der Waals surface area contributed by atoms with Crippen LogP contribution in [-0.4, -0.2) is 23.7 Å². The van der Waals surface area contributed by atoms with Crippen LogP contribution in [0.15, 0.2) is 48.6 Å². The topological polar surface area (TPSA) is 72.8 Å². The minimum absolute atomic E-state index is 0.00516. The molecule has 0 unspecified atom stereocenters. The van der Waals surface area contributed by atoms with Crippen molar-refractivity contribution in [1.29, 1.82) is 0 Å². The average Bonchev–Trinajstić information content (AvgIpc) is 3.17. The van der Waals surface area contributed by atoms with Crippen LogP contribution in [0.3, 0.4) is 0 Å². The molecule has 1 aliphatic rings. The Morgan fingerprint density at radius 2 is 1.62 bits per heavy atom. The molecule has 0 fully saturated rings. The summed E-state index contributed by atoms with van der Waals surface area (Å²) >= 11 is 0. The van der Waals surface area contributed by atoms with Gasteiger partial charge in [0.1, 0.15) is 23.5 Å². The largest absolute Gasteiger partial charge is 0.506 e. The number of allylic oxidation sites excluding steroid dienone is 6. The summed E-state index contributed by atoms with van der Waals surface area (Å²) in [6.45, 7) is 2.64. The molecule has 0 radical (unpaired) electrons. The summed E-state index contributed by atoms with van der Waals surface area (Å²) in [5, 5.41) is 10.2. The van der Waals surface area contributed by atoms with Crippen molar-refractivity contribution < 1.29 is 24.2 Å². The lowest BCUT2D eigenvalue weighted by Crippen LogP contribution is -2.08. The second kappa shape index (κ2) is 15.1. The molecule has 32 heavy (non-hydrogen) atoms. The van der Waals surface area contributed by atoms with Crippen molar-refractivity contribution in [1.82, 2.24) is 0 Å². The van der Waals surface area contributed by atoms with E-state index in [0.29, 0.717) is 5.56 Å². The van der Waals surface area contributed by atoms with Crippen molar-refractivity contribution in [2.45, 2.75) is 77.7 Å². The number of fused-ring (bicyclic) bond motifs is 1. The maximum Gasteiger partial charge on any atom is 0.342 e. The third kappa shape index (κ3) is 8.74. The number of benzene rings is 1. The second-order valence-corrected chi connectivity index (χ2v) is 7.94. The smallest absolute Gasteiger partial charge is 0.342 e. The number of ether oxygens (including phenoxy) is 2. The third-order valence-corrected chi connectivity index (χ3v) is 5.31. The molecule has 174 valence electrons. The zero-order valence-corrected chi connectivity index (χ0v) is 19.2. The van der Waals surface area contributed by atoms with Crippen LogP contribution >= 0.6 is 0 Å². The molecule has 5 nitrogen and oxygen atoms in total. The molecule has 0 aliphatic carbocycles. The molecule has 0 amide bonds. The lowest BCUT2D eigenvalue weighted by Gasteiger charge is -2.08. The van der Waals surface area contributed by atoms with E-state index >= 15 is 0 Å². The van der Waals surface area contributed by atoms with E-state index in [-0.39, 0.29) is 30.1 Å². The van der Waals surface area contributed by atoms with Crippen LogP contribution in [0.5, 0.6) is 5.75 Å². The van der Waals surface area contributed by atoms with Gasteiger partial charge in [0.2, 0.25) is 0 Å². The predicted molar refractivity (Wildman–Crippen MR) is 127 cm³/mol. The summed E-state index contributed by atoms with van der Waals surface area (Å²) < 4.78 is 10.1. The molecule has 0 saturated heterocycles. The first kappa shape index (κ1) is 25.4. The Morgan fingerprint density at radius 3 is 2.31 bits per heavy atom. The van der Waals surface area contributed by atoms with Crippen LogP contribution in [0.25, 0.3) is 0 Å². The molecule has 5 heteroatoms. The molecule has 0 spiro atoms. The Morgan fingerprint density at radius 1 is 0.969 bits per heavy atom. The quantitative estimate of drug-likeness (QED) is 0.184. The molecular weight excluding hydrogens is 404 g/mol. The van der Waals surface area contributed by atoms with Crippen molar-refractivity contribution in [2.75, 3.05) is 6.61 Å². The number of cyclic esters (lactones) is 1. The van der Waals surface area contributed by atoms with Gasteiger partial charge in [-0.15, -0.1) is 0 Å². The molecule has 0 saturated carbocycles. The molecular formula is C27H36O5. The highest BCUT2D eigenvalue weighted by atomic mass is 16.5. The third-order valence-electron chi connectivity index (χ3n) is 5.31. The van der Waals surface area contributed by atoms with Gasteiger partial charge >= 0.3 is 11.9 Å². The van der Waals surface area contributed by atoms with E-state index in [0.717, 1.165) is 38.5 Å². The van der Waals surface area contributed by atoms with Crippen LogP contribution in [0.4, 0.5) is 0 Å². The number of esters is 2. The number of carbonyl (C=O) groups excluding carboxylic acids is 2. The van der Waals surface area contributed by atoms with Gasteiger partial charge in [0.25, 0.3) is 0 Å². The van der Waals surface area contributed by atoms with E-state index in [2.05, 4.69) is 43.4 Å². The molecule has 0 atom stereocenters. The molecule has 1 N–H and O–H groups in total. The number of hydrogen-bond acceptors (Lipinski definition) is 5. The van der Waals surface area contributed by atoms with Gasteiger partial charge < -0.3 is 14.6 Å². The monoisotopic (exact) mass is 440 g/mol. The maximum absolute atomic E-state index is 12.2. The Hall–Kier alpha value is -2.82. The summed E-state index contributed by atoms with van der Waals surface area (Å²) in [6, 6.07) is 3.09. The Kier molecular flexibility index (Phi) is 12.0. The second-order valence-electron chi connectivity index (χ2n) is 7.94. The van der Waals surface area contributed by atoms with Crippen LogP contribution in [0, 0.1) is 0 Å². The first-order chi connectivity index (χ1) is 15.6. The van der Waals surface area contributed by atoms with Crippen molar-refractivity contribution >= 4 is 11.9 Å². The molecule has 2 rings (SSSR count). The highest BCUT2D eigenvalue weighted by Crippen LogP contribution is 2.32. The fourth-order valence-electron chi connectivity index (χ4n) is 3.43. The highest BCUT2D eigenvalue weighted by molar-refractivity contribution is 6.02. The number of phenolic OH excluding ortho intramolecular Hbond substituents is 1. The fraction of sp³-hybridized carbons (Fsp3) is 0.481. The standard InChI is InChI=1S/C27H36O5/c1-2-3-4-5-6-7-8-9-10-11-12-13-14-15-16-17-20-31-26(29)23-19-18-22-21-32-27(30)24(22)25(23)28/h6-7,9-10,12-13,18-19,28H,2-5,8,11,14-17,20-21H2,1H3. The highest BCUT2D eigenvalue weighted by Gasteiger charge is 2.29. The van der Waals surface area contributed by atoms with E-state index in [1.165, 1.54) is 31.7 Å². The van der Waals surface area contributed by atoms with E-state index in [1.54, 1.807) is 6.07 Å². The summed E-state index contributed by atoms with van der Waals surface area (Å²) in [4.78, 5) is 23.8. The molecule has 1 aliphatic heterocycles. The Bertz CT molecular complexity index is 820. The van der Waals surface area contributed by atoms with Gasteiger partial charge in [-0.2, -0.15) is 0 Å². The molecule has 1 heterocycles. The van der Waals surface area contributed by atoms with Crippen LogP contribution in [0.2, 0.25) is 0 Å². The number of hydrogen-bond donors (Lipinski definition) is 1. The van der Waals surface area contributed by atoms with Crippen molar-refractivity contribution in [3.8, 4) is 5.75 Å². The van der Waals surface area contributed by atoms with Crippen molar-refractivity contribution in [3.05, 3.63) is 65.3 Å². The zero-order valence-electron chi connectivity index (χ0n) is 19.2. The van der Waals surface area contributed by atoms with Gasteiger partial charge in [-0.3, -0.25) is 0 Å². The van der Waals surface area contributed by atoms with Crippen LogP contribution in [-0.2, 0) is 16.1 Å². The fourth-order valence-corrected chi connectivity index (χ4v) is 3.43. The van der Waals surface area contributed by atoms with Gasteiger partial charge in [0, 0.05) is 5.56 Å². The van der Waals surface area contributed by atoms with Gasteiger partial charge in [-0.25, -0.2) is 9.59 Å². The summed E-state index contributed by atoms with van der Waals surface area (Å²) in [5.74, 6) is -1.57. The first-order valence-electron chi connectivity index (χ1n) is 11.8. The molecule has 0 bridgehead atoms. The van der Waals surface area contributed by atoms with E-state index in [9.17, 15) is 14.7 Å². The van der Waals surface area contributed by atoms with E-state index in [1.807, 2.05) is 0 Å². The number of aromatic hydroxyl groups is 1. The van der Waals surface area contributed by atoms with Gasteiger partial charge in [0.15, 0.2) is 0 Å². The minimum atomic E-state index is -0.618. The van der Waals surface area contributed by atoms with E-state index < -0.39 is 11.9 Å². The zero-order chi connectivity index (χ0) is 23.0. The van der Waals surface area contributed by atoms with Gasteiger partial charge in [-0.1, -0.05) is 62.3 Å². The minimum Gasteiger partial charge on any atom is -0.506 e. The normalized spacial score (nSPS) is 13.3. The van der Waals surface area contributed by atoms with Crippen LogP contribution in [0.1, 0.15) is 97.4 Å². The van der Waals surface area contributed by atoms with Crippen molar-refractivity contribution in [3.63, 3.8) is 0 Å². The summed E-state index contributed by atoms with van der Waals surface area (Å²) in [7, 11) is 0. The van der Waals surface area contributed by atoms with Crippen LogP contribution < -0.4 is 0 Å². The maximum atomic E-state index is 12.2. The summed E-state index contributed by atoms with van der Waals surface area (Å²) in [5.41, 5.74) is 0.660. The molecule has 0 aromatic heterocycles. The lowest BCUT2D eigenvalue weighted by molar-refractivity contribution is 0.0494. The number of rotatable bonds is 15. The lowest BCUT2D eigenvalue weighted by atomic mass is 10.0. The van der Waals surface area contributed by atoms with Gasteiger partial charge in [0.05, 0.1) is 6.61 Å². The Balaban J connectivity index is 1.50. The number of carbonyl (C=O) groups is 2. The SMILES string of the molecule is CCCCCC=CCC=CCC=CCCCCCOC(=O)c1ccc2c(c1O)C(=O)OC2. The average molecular weight is 441 g/mol. The number of phenols is 1. The molecule has 1 aromatic rings. The molecule has 1 aromatic carbocycles. The summed E-state index contributed by atoms with van der Waals surface area (Å²) in [6.07, 6.45) is 24.1. The Labute approximate surface area is 191 Å². The number of unbranched alkanes of at least 4 members (excludes halogenated alkanes) is 6. The predicted octanol–water partition coefficient (Wildman–Crippen LogP) is 6.81. The first-order valence-corrected chi connectivity index (χ1v) is 11.8. The van der Waals surface area contributed by atoms with E-state index in [4.69, 9.17) is 9.47 Å². The van der Waals surface area contributed by atoms with Gasteiger partial charge in [-0.05, 0) is 57.4 Å². The van der Waals surface area contributed by atoms with Crippen molar-refractivity contribution in [2.24, 2.45) is 0 Å².